The number of rotatable bonds is 9. The third-order valence-electron chi connectivity index (χ3n) is 4.93. The quantitative estimate of drug-likeness (QED) is 0.260. The number of hydrogen-bond acceptors (Lipinski definition) is 9. The minimum atomic E-state index is -0.815. The Morgan fingerprint density at radius 2 is 1.84 bits per heavy atom. The number of phenolic OH excluding ortho intramolecular Hbond substituents is 1. The average molecular weight is 571 g/mol. The summed E-state index contributed by atoms with van der Waals surface area (Å²) in [5.41, 5.74) is 1.29. The Kier molecular flexibility index (Phi) is 9.16. The van der Waals surface area contributed by atoms with Gasteiger partial charge < -0.3 is 30.0 Å². The first kappa shape index (κ1) is 27.1. The molecule has 192 valence electrons. The van der Waals surface area contributed by atoms with Crippen molar-refractivity contribution in [3.8, 4) is 17.6 Å². The van der Waals surface area contributed by atoms with Gasteiger partial charge in [-0.15, -0.1) is 0 Å². The van der Waals surface area contributed by atoms with Gasteiger partial charge in [0.15, 0.2) is 0 Å². The molecule has 3 aromatic rings. The standard InChI is InChI=1S/C25H23BrN4O7/c1-35-23-16(13-28-25(30-23)37-3)11-20(24(34)36-2)29-22(33)18-8-7-15(10-19(18)26)21(32)27-12-14-5-4-6-17(31)9-14/h4-11,13,31H,12H2,1-3H3,(H,27,32)(H,29,33). The molecule has 0 aliphatic rings. The summed E-state index contributed by atoms with van der Waals surface area (Å²) in [7, 11) is 3.95. The molecule has 3 N–H and O–H groups in total. The molecule has 37 heavy (non-hydrogen) atoms. The van der Waals surface area contributed by atoms with E-state index in [0.717, 1.165) is 5.56 Å². The van der Waals surface area contributed by atoms with Gasteiger partial charge in [0.2, 0.25) is 5.88 Å². The third-order valence-corrected chi connectivity index (χ3v) is 5.58. The zero-order chi connectivity index (χ0) is 26.9. The average Bonchev–Trinajstić information content (AvgIpc) is 2.90. The van der Waals surface area contributed by atoms with Crippen LogP contribution in [0.5, 0.6) is 17.6 Å². The smallest absolute Gasteiger partial charge is 0.354 e. The van der Waals surface area contributed by atoms with Gasteiger partial charge in [0.05, 0.1) is 32.5 Å². The molecule has 0 bridgehead atoms. The number of methoxy groups -OCH3 is 3. The van der Waals surface area contributed by atoms with Gasteiger partial charge in [-0.1, -0.05) is 12.1 Å². The summed E-state index contributed by atoms with van der Waals surface area (Å²) in [6, 6.07) is 11.0. The highest BCUT2D eigenvalue weighted by atomic mass is 79.9. The van der Waals surface area contributed by atoms with E-state index in [1.54, 1.807) is 18.2 Å². The highest BCUT2D eigenvalue weighted by Crippen LogP contribution is 2.22. The normalized spacial score (nSPS) is 10.9. The lowest BCUT2D eigenvalue weighted by Gasteiger charge is -2.12. The van der Waals surface area contributed by atoms with E-state index in [9.17, 15) is 19.5 Å². The van der Waals surface area contributed by atoms with Crippen molar-refractivity contribution in [3.63, 3.8) is 0 Å². The Bertz CT molecular complexity index is 1360. The molecule has 0 atom stereocenters. The van der Waals surface area contributed by atoms with Gasteiger partial charge in [0, 0.05) is 22.8 Å². The van der Waals surface area contributed by atoms with Crippen LogP contribution in [0.25, 0.3) is 6.08 Å². The van der Waals surface area contributed by atoms with E-state index >= 15 is 0 Å². The molecule has 0 aliphatic heterocycles. The van der Waals surface area contributed by atoms with Crippen LogP contribution in [0, 0.1) is 0 Å². The Morgan fingerprint density at radius 1 is 1.05 bits per heavy atom. The lowest BCUT2D eigenvalue weighted by molar-refractivity contribution is -0.136. The number of aromatic hydroxyl groups is 1. The number of benzene rings is 2. The number of halogens is 1. The number of nitrogens with one attached hydrogen (secondary N) is 2. The van der Waals surface area contributed by atoms with Crippen molar-refractivity contribution >= 4 is 39.8 Å². The minimum absolute atomic E-state index is 0.0626. The number of hydrogen-bond donors (Lipinski definition) is 3. The molecule has 1 heterocycles. The van der Waals surface area contributed by atoms with Crippen LogP contribution < -0.4 is 20.1 Å². The number of esters is 1. The highest BCUT2D eigenvalue weighted by molar-refractivity contribution is 9.10. The summed E-state index contributed by atoms with van der Waals surface area (Å²) in [6.45, 7) is 0.207. The molecule has 3 rings (SSSR count). The Labute approximate surface area is 220 Å². The lowest BCUT2D eigenvalue weighted by atomic mass is 10.1. The molecular formula is C25H23BrN4O7. The van der Waals surface area contributed by atoms with Gasteiger partial charge in [0.1, 0.15) is 11.4 Å². The SMILES string of the molecule is COC(=O)C(=Cc1cnc(OC)nc1OC)NC(=O)c1ccc(C(=O)NCc2cccc(O)c2)cc1Br. The number of carbonyl (C=O) groups excluding carboxylic acids is 3. The van der Waals surface area contributed by atoms with Crippen LogP contribution in [-0.4, -0.2) is 54.2 Å². The molecule has 2 aromatic carbocycles. The molecule has 0 aliphatic carbocycles. The maximum absolute atomic E-state index is 13.0. The molecule has 0 unspecified atom stereocenters. The maximum Gasteiger partial charge on any atom is 0.354 e. The molecule has 0 saturated heterocycles. The Morgan fingerprint density at radius 3 is 2.49 bits per heavy atom. The van der Waals surface area contributed by atoms with E-state index < -0.39 is 11.9 Å². The van der Waals surface area contributed by atoms with Crippen molar-refractivity contribution in [3.05, 3.63) is 81.1 Å². The number of amides is 2. The molecule has 1 aromatic heterocycles. The van der Waals surface area contributed by atoms with Crippen molar-refractivity contribution < 1.29 is 33.7 Å². The second-order valence-corrected chi connectivity index (χ2v) is 8.23. The number of nitrogens with zero attached hydrogens (tertiary/aromatic N) is 2. The van der Waals surface area contributed by atoms with Crippen LogP contribution in [0.4, 0.5) is 0 Å². The van der Waals surface area contributed by atoms with Crippen LogP contribution in [0.2, 0.25) is 0 Å². The fourth-order valence-corrected chi connectivity index (χ4v) is 3.67. The van der Waals surface area contributed by atoms with E-state index in [2.05, 4.69) is 36.5 Å². The molecule has 0 saturated carbocycles. The number of phenols is 1. The second-order valence-electron chi connectivity index (χ2n) is 7.37. The molecule has 2 amide bonds. The second kappa shape index (κ2) is 12.5. The predicted octanol–water partition coefficient (Wildman–Crippen LogP) is 2.84. The fourth-order valence-electron chi connectivity index (χ4n) is 3.11. The van der Waals surface area contributed by atoms with Crippen LogP contribution in [0.3, 0.4) is 0 Å². The van der Waals surface area contributed by atoms with Gasteiger partial charge in [-0.05, 0) is 57.9 Å². The number of aromatic nitrogens is 2. The molecular weight excluding hydrogens is 548 g/mol. The zero-order valence-electron chi connectivity index (χ0n) is 20.1. The van der Waals surface area contributed by atoms with Gasteiger partial charge in [0.25, 0.3) is 11.8 Å². The summed E-state index contributed by atoms with van der Waals surface area (Å²) >= 11 is 3.31. The number of carbonyl (C=O) groups is 3. The van der Waals surface area contributed by atoms with Crippen molar-refractivity contribution in [1.82, 2.24) is 20.6 Å². The van der Waals surface area contributed by atoms with E-state index in [1.807, 2.05) is 0 Å². The number of ether oxygens (including phenoxy) is 3. The van der Waals surface area contributed by atoms with Crippen molar-refractivity contribution in [2.24, 2.45) is 0 Å². The first-order chi connectivity index (χ1) is 17.7. The largest absolute Gasteiger partial charge is 0.508 e. The van der Waals surface area contributed by atoms with Crippen LogP contribution >= 0.6 is 15.9 Å². The van der Waals surface area contributed by atoms with Gasteiger partial charge >= 0.3 is 12.0 Å². The summed E-state index contributed by atoms with van der Waals surface area (Å²) in [5, 5.41) is 14.8. The highest BCUT2D eigenvalue weighted by Gasteiger charge is 2.19. The zero-order valence-corrected chi connectivity index (χ0v) is 21.7. The van der Waals surface area contributed by atoms with E-state index in [-0.39, 0.29) is 41.4 Å². The minimum Gasteiger partial charge on any atom is -0.508 e. The van der Waals surface area contributed by atoms with Crippen LogP contribution in [0.15, 0.2) is 58.8 Å². The monoisotopic (exact) mass is 570 g/mol. The Balaban J connectivity index is 1.78. The van der Waals surface area contributed by atoms with Gasteiger partial charge in [-0.2, -0.15) is 4.98 Å². The summed E-state index contributed by atoms with van der Waals surface area (Å²) in [5.74, 6) is -1.61. The molecule has 0 radical (unpaired) electrons. The fraction of sp³-hybridized carbons (Fsp3) is 0.160. The molecule has 11 nitrogen and oxygen atoms in total. The van der Waals surface area contributed by atoms with Gasteiger partial charge in [-0.25, -0.2) is 9.78 Å². The van der Waals surface area contributed by atoms with Crippen LogP contribution in [-0.2, 0) is 16.1 Å². The lowest BCUT2D eigenvalue weighted by Crippen LogP contribution is -2.28. The first-order valence-corrected chi connectivity index (χ1v) is 11.5. The first-order valence-electron chi connectivity index (χ1n) is 10.7. The van der Waals surface area contributed by atoms with Gasteiger partial charge in [-0.3, -0.25) is 9.59 Å². The van der Waals surface area contributed by atoms with E-state index in [4.69, 9.17) is 14.2 Å². The van der Waals surface area contributed by atoms with E-state index in [0.29, 0.717) is 15.6 Å². The van der Waals surface area contributed by atoms with Crippen molar-refractivity contribution in [2.75, 3.05) is 21.3 Å². The topological polar surface area (TPSA) is 149 Å². The predicted molar refractivity (Wildman–Crippen MR) is 136 cm³/mol. The van der Waals surface area contributed by atoms with Crippen molar-refractivity contribution in [2.45, 2.75) is 6.54 Å². The van der Waals surface area contributed by atoms with E-state index in [1.165, 1.54) is 57.9 Å². The summed E-state index contributed by atoms with van der Waals surface area (Å²) < 4.78 is 15.3. The summed E-state index contributed by atoms with van der Waals surface area (Å²) in [6.07, 6.45) is 2.67. The molecule has 12 heteroatoms. The molecule has 0 spiro atoms. The summed E-state index contributed by atoms with van der Waals surface area (Å²) in [4.78, 5) is 45.9. The van der Waals surface area contributed by atoms with Crippen LogP contribution in [0.1, 0.15) is 31.8 Å². The third kappa shape index (κ3) is 7.04. The van der Waals surface area contributed by atoms with Crippen molar-refractivity contribution in [1.29, 1.82) is 0 Å². The maximum atomic E-state index is 13.0. The molecule has 0 fully saturated rings. The Hall–Kier alpha value is -4.45.